The Balaban J connectivity index is 2.32. The maximum Gasteiger partial charge on any atom is 0.336 e. The summed E-state index contributed by atoms with van der Waals surface area (Å²) in [7, 11) is 1.53. The van der Waals surface area contributed by atoms with E-state index in [0.717, 1.165) is 0 Å². The van der Waals surface area contributed by atoms with Crippen molar-refractivity contribution in [3.63, 3.8) is 0 Å². The number of hydrogen-bond donors (Lipinski definition) is 3. The molecule has 0 aliphatic rings. The van der Waals surface area contributed by atoms with Crippen molar-refractivity contribution < 1.29 is 14.6 Å². The van der Waals surface area contributed by atoms with Crippen LogP contribution in [0.1, 0.15) is 10.4 Å². The van der Waals surface area contributed by atoms with E-state index in [4.69, 9.17) is 4.74 Å². The fourth-order valence-electron chi connectivity index (χ4n) is 2.25. The number of aromatic amines is 2. The van der Waals surface area contributed by atoms with E-state index in [2.05, 4.69) is 9.97 Å². The minimum atomic E-state index is -1.29. The van der Waals surface area contributed by atoms with Crippen LogP contribution in [0, 0.1) is 0 Å². The van der Waals surface area contributed by atoms with Crippen molar-refractivity contribution in [2.45, 2.75) is 0 Å². The number of nitrogens with one attached hydrogen (secondary N) is 2. The third-order valence-electron chi connectivity index (χ3n) is 3.32. The number of pyridine rings is 1. The van der Waals surface area contributed by atoms with Gasteiger partial charge in [-0.2, -0.15) is 0 Å². The Hall–Kier alpha value is -3.42. The van der Waals surface area contributed by atoms with Crippen molar-refractivity contribution >= 4 is 17.0 Å². The molecule has 0 aliphatic heterocycles. The highest BCUT2D eigenvalue weighted by Crippen LogP contribution is 2.24. The second-order valence-corrected chi connectivity index (χ2v) is 4.72. The number of fused-ring (bicyclic) bond motifs is 1. The van der Waals surface area contributed by atoms with Gasteiger partial charge in [-0.1, -0.05) is 0 Å². The summed E-state index contributed by atoms with van der Waals surface area (Å²) in [6, 6.07) is 8.08. The van der Waals surface area contributed by atoms with Crippen LogP contribution in [0.2, 0.25) is 0 Å². The first-order valence-electron chi connectivity index (χ1n) is 6.54. The molecule has 23 heavy (non-hydrogen) atoms. The van der Waals surface area contributed by atoms with E-state index in [1.165, 1.54) is 13.2 Å². The van der Waals surface area contributed by atoms with Gasteiger partial charge in [-0.25, -0.2) is 14.6 Å². The smallest absolute Gasteiger partial charge is 0.336 e. The van der Waals surface area contributed by atoms with Crippen molar-refractivity contribution in [1.82, 2.24) is 15.0 Å². The van der Waals surface area contributed by atoms with Gasteiger partial charge in [0.1, 0.15) is 11.4 Å². The fourth-order valence-corrected chi connectivity index (χ4v) is 2.25. The van der Waals surface area contributed by atoms with Gasteiger partial charge in [0.05, 0.1) is 23.8 Å². The molecule has 0 bridgehead atoms. The largest absolute Gasteiger partial charge is 0.497 e. The monoisotopic (exact) mass is 313 g/mol. The highest BCUT2D eigenvalue weighted by atomic mass is 16.5. The zero-order valence-electron chi connectivity index (χ0n) is 11.9. The van der Waals surface area contributed by atoms with Crippen molar-refractivity contribution in [3.8, 4) is 17.0 Å². The first-order valence-corrected chi connectivity index (χ1v) is 6.54. The Morgan fingerprint density at radius 1 is 1.17 bits per heavy atom. The van der Waals surface area contributed by atoms with E-state index in [9.17, 15) is 19.5 Å². The number of nitrogens with zero attached hydrogens (tertiary/aromatic N) is 1. The lowest BCUT2D eigenvalue weighted by Crippen LogP contribution is -2.24. The Kier molecular flexibility index (Phi) is 3.41. The molecule has 0 radical (unpaired) electrons. The minimum absolute atomic E-state index is 0.0792. The van der Waals surface area contributed by atoms with Crippen LogP contribution in [0.15, 0.2) is 39.9 Å². The molecule has 0 saturated heterocycles. The number of carbonyl (C=O) groups is 1. The Bertz CT molecular complexity index is 1020. The van der Waals surface area contributed by atoms with E-state index in [1.54, 1.807) is 24.3 Å². The lowest BCUT2D eigenvalue weighted by atomic mass is 10.1. The van der Waals surface area contributed by atoms with Gasteiger partial charge < -0.3 is 9.84 Å². The average molecular weight is 313 g/mol. The number of rotatable bonds is 3. The molecule has 0 atom stereocenters. The molecule has 116 valence electrons. The summed E-state index contributed by atoms with van der Waals surface area (Å²) in [5.41, 5.74) is -0.925. The molecule has 8 nitrogen and oxygen atoms in total. The standard InChI is InChI=1S/C15H11N3O5/c1-23-8-4-2-7(3-5-8)10-6-9(14(20)21)11-12(16-10)17-15(22)18-13(11)19/h2-6H,1H3,(H,20,21)(H2,16,17,18,19,22). The molecule has 8 heteroatoms. The summed E-state index contributed by atoms with van der Waals surface area (Å²) in [5, 5.41) is 9.17. The van der Waals surface area contributed by atoms with Crippen LogP contribution in [-0.2, 0) is 0 Å². The molecule has 0 saturated carbocycles. The first-order chi connectivity index (χ1) is 11.0. The molecular formula is C15H11N3O5. The van der Waals surface area contributed by atoms with Crippen molar-refractivity contribution in [2.24, 2.45) is 0 Å². The molecule has 0 unspecified atom stereocenters. The number of benzene rings is 1. The van der Waals surface area contributed by atoms with Gasteiger partial charge in [-0.05, 0) is 30.3 Å². The zero-order valence-corrected chi connectivity index (χ0v) is 11.9. The Labute approximate surface area is 128 Å². The van der Waals surface area contributed by atoms with Gasteiger partial charge in [0, 0.05) is 5.56 Å². The second-order valence-electron chi connectivity index (χ2n) is 4.72. The molecule has 1 aromatic carbocycles. The lowest BCUT2D eigenvalue weighted by molar-refractivity contribution is 0.0699. The van der Waals surface area contributed by atoms with E-state index in [-0.39, 0.29) is 16.6 Å². The summed E-state index contributed by atoms with van der Waals surface area (Å²) >= 11 is 0. The number of H-pyrrole nitrogens is 2. The van der Waals surface area contributed by atoms with Gasteiger partial charge in [0.15, 0.2) is 0 Å². The van der Waals surface area contributed by atoms with Crippen LogP contribution in [0.4, 0.5) is 0 Å². The number of methoxy groups -OCH3 is 1. The third kappa shape index (κ3) is 2.57. The second kappa shape index (κ2) is 5.41. The summed E-state index contributed by atoms with van der Waals surface area (Å²) in [5.74, 6) is -0.650. The number of carboxylic acids is 1. The van der Waals surface area contributed by atoms with Crippen molar-refractivity contribution in [1.29, 1.82) is 0 Å². The number of aromatic nitrogens is 3. The van der Waals surface area contributed by atoms with Gasteiger partial charge >= 0.3 is 11.7 Å². The predicted octanol–water partition coefficient (Wildman–Crippen LogP) is 0.985. The van der Waals surface area contributed by atoms with Crippen LogP contribution in [0.25, 0.3) is 22.3 Å². The topological polar surface area (TPSA) is 125 Å². The molecule has 3 N–H and O–H groups in total. The summed E-state index contributed by atoms with van der Waals surface area (Å²) in [4.78, 5) is 43.2. The van der Waals surface area contributed by atoms with E-state index >= 15 is 0 Å². The Morgan fingerprint density at radius 2 is 1.87 bits per heavy atom. The number of carboxylic acid groups (broad SMARTS) is 1. The molecule has 0 aliphatic carbocycles. The van der Waals surface area contributed by atoms with E-state index < -0.39 is 17.2 Å². The van der Waals surface area contributed by atoms with Crippen molar-refractivity contribution in [3.05, 3.63) is 56.7 Å². The number of aromatic carboxylic acids is 1. The molecule has 2 aromatic heterocycles. The molecular weight excluding hydrogens is 302 g/mol. The van der Waals surface area contributed by atoms with Gasteiger partial charge in [0.2, 0.25) is 0 Å². The van der Waals surface area contributed by atoms with Gasteiger partial charge in [-0.3, -0.25) is 14.8 Å². The normalized spacial score (nSPS) is 10.7. The van der Waals surface area contributed by atoms with Gasteiger partial charge in [0.25, 0.3) is 5.56 Å². The van der Waals surface area contributed by atoms with E-state index in [0.29, 0.717) is 17.0 Å². The minimum Gasteiger partial charge on any atom is -0.497 e. The van der Waals surface area contributed by atoms with Crippen molar-refractivity contribution in [2.75, 3.05) is 7.11 Å². The zero-order chi connectivity index (χ0) is 16.6. The molecule has 0 fully saturated rings. The average Bonchev–Trinajstić information content (AvgIpc) is 2.53. The quantitative estimate of drug-likeness (QED) is 0.662. The maximum absolute atomic E-state index is 11.9. The van der Waals surface area contributed by atoms with Crippen LogP contribution in [-0.4, -0.2) is 33.1 Å². The highest BCUT2D eigenvalue weighted by molar-refractivity contribution is 6.02. The van der Waals surface area contributed by atoms with Crippen LogP contribution >= 0.6 is 0 Å². The SMILES string of the molecule is COc1ccc(-c2cc(C(=O)O)c3c(=O)[nH]c(=O)[nH]c3n2)cc1. The first kappa shape index (κ1) is 14.5. The Morgan fingerprint density at radius 3 is 2.48 bits per heavy atom. The number of hydrogen-bond acceptors (Lipinski definition) is 5. The van der Waals surface area contributed by atoms with Crippen LogP contribution in [0.3, 0.4) is 0 Å². The number of ether oxygens (including phenoxy) is 1. The predicted molar refractivity (Wildman–Crippen MR) is 81.9 cm³/mol. The van der Waals surface area contributed by atoms with Gasteiger partial charge in [-0.15, -0.1) is 0 Å². The molecule has 2 heterocycles. The maximum atomic E-state index is 11.9. The van der Waals surface area contributed by atoms with Crippen LogP contribution < -0.4 is 16.0 Å². The molecule has 3 aromatic rings. The van der Waals surface area contributed by atoms with E-state index in [1.807, 2.05) is 4.98 Å². The fraction of sp³-hybridized carbons (Fsp3) is 0.0667. The molecule has 3 rings (SSSR count). The molecule has 0 spiro atoms. The summed E-state index contributed by atoms with van der Waals surface area (Å²) in [6.07, 6.45) is 0. The molecule has 0 amide bonds. The van der Waals surface area contributed by atoms with Crippen LogP contribution in [0.5, 0.6) is 5.75 Å². The highest BCUT2D eigenvalue weighted by Gasteiger charge is 2.16. The summed E-state index contributed by atoms with van der Waals surface area (Å²) in [6.45, 7) is 0. The lowest BCUT2D eigenvalue weighted by Gasteiger charge is -2.07. The summed E-state index contributed by atoms with van der Waals surface area (Å²) < 4.78 is 5.06. The third-order valence-corrected chi connectivity index (χ3v) is 3.32.